The third-order valence-corrected chi connectivity index (χ3v) is 5.32. The summed E-state index contributed by atoms with van der Waals surface area (Å²) in [4.78, 5) is 14.3. The van der Waals surface area contributed by atoms with E-state index in [4.69, 9.17) is 0 Å². The van der Waals surface area contributed by atoms with Gasteiger partial charge in [0.2, 0.25) is 0 Å². The summed E-state index contributed by atoms with van der Waals surface area (Å²) in [6.45, 7) is 2.41. The van der Waals surface area contributed by atoms with Crippen LogP contribution >= 0.6 is 0 Å². The number of aromatic nitrogens is 2. The summed E-state index contributed by atoms with van der Waals surface area (Å²) in [5.74, 6) is -0.346. The summed E-state index contributed by atoms with van der Waals surface area (Å²) in [5, 5.41) is 10.0. The van der Waals surface area contributed by atoms with E-state index in [1.54, 1.807) is 6.20 Å². The van der Waals surface area contributed by atoms with Gasteiger partial charge in [-0.25, -0.2) is 13.6 Å². The maximum absolute atomic E-state index is 13.9. The minimum Gasteiger partial charge on any atom is -0.334 e. The quantitative estimate of drug-likeness (QED) is 0.796. The van der Waals surface area contributed by atoms with Crippen molar-refractivity contribution in [3.05, 3.63) is 47.8 Å². The second-order valence-electron chi connectivity index (χ2n) is 7.77. The molecule has 1 aliphatic carbocycles. The van der Waals surface area contributed by atoms with E-state index in [1.807, 2.05) is 15.8 Å². The lowest BCUT2D eigenvalue weighted by molar-refractivity contribution is 0.180. The molecule has 0 radical (unpaired) electrons. The maximum atomic E-state index is 13.9. The summed E-state index contributed by atoms with van der Waals surface area (Å²) in [6, 6.07) is 3.57. The number of carbonyl (C=O) groups is 1. The highest BCUT2D eigenvalue weighted by atomic mass is 19.1. The molecule has 2 amide bonds. The number of benzene rings is 1. The summed E-state index contributed by atoms with van der Waals surface area (Å²) in [7, 11) is 0. The van der Waals surface area contributed by atoms with Crippen LogP contribution in [0.15, 0.2) is 30.6 Å². The number of anilines is 1. The van der Waals surface area contributed by atoms with Crippen molar-refractivity contribution >= 4 is 11.7 Å². The fraction of sp³-hybridized carbons (Fsp3) is 0.500. The van der Waals surface area contributed by atoms with Crippen LogP contribution in [0, 0.1) is 17.6 Å². The van der Waals surface area contributed by atoms with Gasteiger partial charge in [0.15, 0.2) is 0 Å². The Morgan fingerprint density at radius 1 is 1.21 bits per heavy atom. The van der Waals surface area contributed by atoms with Crippen LogP contribution in [0.2, 0.25) is 0 Å². The normalized spacial score (nSPS) is 20.1. The molecule has 1 atom stereocenters. The minimum atomic E-state index is -0.531. The molecule has 0 bridgehead atoms. The molecule has 4 rings (SSSR count). The second-order valence-corrected chi connectivity index (χ2v) is 7.77. The van der Waals surface area contributed by atoms with E-state index in [-0.39, 0.29) is 24.2 Å². The molecule has 2 aliphatic rings. The van der Waals surface area contributed by atoms with Gasteiger partial charge in [0, 0.05) is 37.4 Å². The molecule has 150 valence electrons. The van der Waals surface area contributed by atoms with Crippen molar-refractivity contribution in [1.82, 2.24) is 20.0 Å². The molecular weight excluding hydrogens is 364 g/mol. The van der Waals surface area contributed by atoms with Gasteiger partial charge in [0.05, 0.1) is 11.9 Å². The van der Waals surface area contributed by atoms with Gasteiger partial charge in [-0.1, -0.05) is 6.07 Å². The number of piperidine rings is 1. The Morgan fingerprint density at radius 2 is 2.00 bits per heavy atom. The summed E-state index contributed by atoms with van der Waals surface area (Å²) < 4.78 is 29.6. The average molecular weight is 389 g/mol. The highest BCUT2D eigenvalue weighted by molar-refractivity contribution is 5.89. The summed E-state index contributed by atoms with van der Waals surface area (Å²) in [6.07, 6.45) is 7.68. The zero-order valence-corrected chi connectivity index (χ0v) is 15.7. The third-order valence-electron chi connectivity index (χ3n) is 5.32. The van der Waals surface area contributed by atoms with Crippen LogP contribution in [0.4, 0.5) is 19.3 Å². The molecule has 2 fully saturated rings. The predicted molar refractivity (Wildman–Crippen MR) is 102 cm³/mol. The number of rotatable bonds is 6. The lowest BCUT2D eigenvalue weighted by Gasteiger charge is -2.33. The monoisotopic (exact) mass is 389 g/mol. The van der Waals surface area contributed by atoms with Gasteiger partial charge in [-0.3, -0.25) is 9.58 Å². The standard InChI is InChI=1S/C20H25F2N5O/c21-18-4-1-5-19(22)17(18)13-26-8-2-3-15(11-26)24-20(28)25-16-9-23-27(12-16)10-14-6-7-14/h1,4-5,9,12,14-15H,2-3,6-8,10-11,13H2,(H2,24,25,28). The van der Waals surface area contributed by atoms with Crippen LogP contribution in [-0.2, 0) is 13.1 Å². The molecule has 2 N–H and O–H groups in total. The van der Waals surface area contributed by atoms with Gasteiger partial charge in [0.25, 0.3) is 0 Å². The fourth-order valence-corrected chi connectivity index (χ4v) is 3.67. The molecule has 1 aromatic heterocycles. The van der Waals surface area contributed by atoms with Crippen LogP contribution < -0.4 is 10.6 Å². The molecule has 6 nitrogen and oxygen atoms in total. The number of hydrogen-bond donors (Lipinski definition) is 2. The number of nitrogens with zero attached hydrogens (tertiary/aromatic N) is 3. The van der Waals surface area contributed by atoms with Crippen molar-refractivity contribution < 1.29 is 13.6 Å². The van der Waals surface area contributed by atoms with Crippen molar-refractivity contribution in [2.24, 2.45) is 5.92 Å². The first-order chi connectivity index (χ1) is 13.6. The van der Waals surface area contributed by atoms with Crippen LogP contribution in [0.3, 0.4) is 0 Å². The van der Waals surface area contributed by atoms with E-state index in [2.05, 4.69) is 15.7 Å². The molecule has 0 spiro atoms. The highest BCUT2D eigenvalue weighted by Crippen LogP contribution is 2.30. The Kier molecular flexibility index (Phi) is 5.57. The number of halogens is 2. The molecule has 1 aliphatic heterocycles. The van der Waals surface area contributed by atoms with Crippen LogP contribution in [0.1, 0.15) is 31.2 Å². The number of amides is 2. The van der Waals surface area contributed by atoms with E-state index in [9.17, 15) is 13.6 Å². The molecule has 1 unspecified atom stereocenters. The largest absolute Gasteiger partial charge is 0.334 e. The predicted octanol–water partition coefficient (Wildman–Crippen LogP) is 3.36. The van der Waals surface area contributed by atoms with Crippen molar-refractivity contribution in [1.29, 1.82) is 0 Å². The van der Waals surface area contributed by atoms with Gasteiger partial charge in [0.1, 0.15) is 11.6 Å². The first-order valence-corrected chi connectivity index (χ1v) is 9.82. The zero-order chi connectivity index (χ0) is 19.5. The lowest BCUT2D eigenvalue weighted by atomic mass is 10.0. The lowest BCUT2D eigenvalue weighted by Crippen LogP contribution is -2.48. The van der Waals surface area contributed by atoms with E-state index < -0.39 is 11.6 Å². The van der Waals surface area contributed by atoms with Gasteiger partial charge in [-0.2, -0.15) is 5.10 Å². The summed E-state index contributed by atoms with van der Waals surface area (Å²) in [5.41, 5.74) is 0.745. The van der Waals surface area contributed by atoms with Gasteiger partial charge < -0.3 is 10.6 Å². The molecule has 2 aromatic rings. The van der Waals surface area contributed by atoms with Crippen molar-refractivity contribution in [2.45, 2.75) is 44.8 Å². The molecule has 1 saturated carbocycles. The van der Waals surface area contributed by atoms with Crippen LogP contribution in [-0.4, -0.2) is 39.8 Å². The fourth-order valence-electron chi connectivity index (χ4n) is 3.67. The van der Waals surface area contributed by atoms with Gasteiger partial charge in [-0.05, 0) is 50.3 Å². The van der Waals surface area contributed by atoms with Crippen molar-refractivity contribution in [3.8, 4) is 0 Å². The van der Waals surface area contributed by atoms with Crippen LogP contribution in [0.5, 0.6) is 0 Å². The Labute approximate surface area is 162 Å². The first-order valence-electron chi connectivity index (χ1n) is 9.82. The Bertz CT molecular complexity index is 816. The molecule has 1 saturated heterocycles. The first kappa shape index (κ1) is 18.9. The van der Waals surface area contributed by atoms with Crippen molar-refractivity contribution in [3.63, 3.8) is 0 Å². The van der Waals surface area contributed by atoms with Gasteiger partial charge in [-0.15, -0.1) is 0 Å². The number of hydrogen-bond acceptors (Lipinski definition) is 3. The molecule has 1 aromatic carbocycles. The minimum absolute atomic E-state index is 0.0647. The third kappa shape index (κ3) is 4.86. The molecule has 2 heterocycles. The Balaban J connectivity index is 1.28. The SMILES string of the molecule is O=C(Nc1cnn(CC2CC2)c1)NC1CCCN(Cc2c(F)cccc2F)C1. The Morgan fingerprint density at radius 3 is 2.75 bits per heavy atom. The topological polar surface area (TPSA) is 62.2 Å². The van der Waals surface area contributed by atoms with E-state index in [1.165, 1.54) is 31.0 Å². The molecular formula is C20H25F2N5O. The molecule has 28 heavy (non-hydrogen) atoms. The van der Waals surface area contributed by atoms with Gasteiger partial charge >= 0.3 is 6.03 Å². The number of urea groups is 1. The van der Waals surface area contributed by atoms with E-state index >= 15 is 0 Å². The van der Waals surface area contributed by atoms with E-state index in [0.29, 0.717) is 18.2 Å². The smallest absolute Gasteiger partial charge is 0.319 e. The van der Waals surface area contributed by atoms with Crippen LogP contribution in [0.25, 0.3) is 0 Å². The number of nitrogens with one attached hydrogen (secondary N) is 2. The highest BCUT2D eigenvalue weighted by Gasteiger charge is 2.24. The summed E-state index contributed by atoms with van der Waals surface area (Å²) >= 11 is 0. The van der Waals surface area contributed by atoms with Crippen molar-refractivity contribution in [2.75, 3.05) is 18.4 Å². The number of likely N-dealkylation sites (tertiary alicyclic amines) is 1. The average Bonchev–Trinajstić information content (AvgIpc) is 3.36. The molecule has 8 heteroatoms. The Hall–Kier alpha value is -2.48. The number of carbonyl (C=O) groups excluding carboxylic acids is 1. The zero-order valence-electron chi connectivity index (χ0n) is 15.7. The second kappa shape index (κ2) is 8.26. The maximum Gasteiger partial charge on any atom is 0.319 e. The van der Waals surface area contributed by atoms with E-state index in [0.717, 1.165) is 25.9 Å².